The molecule has 162 valence electrons. The van der Waals surface area contributed by atoms with E-state index in [9.17, 15) is 19.0 Å². The Morgan fingerprint density at radius 2 is 0.656 bits per heavy atom. The van der Waals surface area contributed by atoms with Crippen LogP contribution in [-0.2, 0) is 11.2 Å². The van der Waals surface area contributed by atoms with Crippen LogP contribution in [0.25, 0.3) is 0 Å². The second-order valence-corrected chi connectivity index (χ2v) is 8.32. The third-order valence-corrected chi connectivity index (χ3v) is 6.08. The Bertz CT molecular complexity index is 1020. The van der Waals surface area contributed by atoms with E-state index in [1.165, 1.54) is 48.5 Å². The van der Waals surface area contributed by atoms with Crippen LogP contribution in [0.3, 0.4) is 0 Å². The molecular weight excluding hydrogens is 453 g/mol. The lowest BCUT2D eigenvalue weighted by molar-refractivity contribution is -0.113. The van der Waals surface area contributed by atoms with Gasteiger partial charge >= 0.3 is 0 Å². The number of hydrogen-bond acceptors (Lipinski definition) is 2. The molecule has 2 unspecified atom stereocenters. The van der Waals surface area contributed by atoms with Crippen LogP contribution in [0.5, 0.6) is 0 Å². The van der Waals surface area contributed by atoms with Gasteiger partial charge in [0.2, 0.25) is 0 Å². The van der Waals surface area contributed by atoms with Crippen molar-refractivity contribution in [1.82, 2.24) is 0 Å². The summed E-state index contributed by atoms with van der Waals surface area (Å²) in [4.78, 5) is 0. The molecule has 2 N–H and O–H groups in total. The first-order valence-corrected chi connectivity index (χ1v) is 10.5. The summed E-state index contributed by atoms with van der Waals surface area (Å²) in [6.07, 6.45) is 0. The third kappa shape index (κ3) is 3.80. The highest BCUT2D eigenvalue weighted by Gasteiger charge is 2.54. The minimum absolute atomic E-state index is 0.225. The van der Waals surface area contributed by atoms with Crippen LogP contribution in [-0.4, -0.2) is 10.2 Å². The molecule has 0 saturated carbocycles. The van der Waals surface area contributed by atoms with Crippen LogP contribution in [0.2, 0.25) is 10.0 Å². The van der Waals surface area contributed by atoms with E-state index >= 15 is 0 Å². The van der Waals surface area contributed by atoms with Gasteiger partial charge in [0.05, 0.1) is 0 Å². The van der Waals surface area contributed by atoms with Crippen molar-refractivity contribution >= 4 is 23.2 Å². The molecule has 0 saturated heterocycles. The van der Waals surface area contributed by atoms with E-state index < -0.39 is 22.8 Å². The van der Waals surface area contributed by atoms with Crippen LogP contribution in [0, 0.1) is 11.6 Å². The van der Waals surface area contributed by atoms with Gasteiger partial charge in [-0.3, -0.25) is 0 Å². The van der Waals surface area contributed by atoms with Crippen LogP contribution < -0.4 is 0 Å². The molecule has 2 atom stereocenters. The molecule has 0 heterocycles. The highest BCUT2D eigenvalue weighted by molar-refractivity contribution is 6.30. The second-order valence-electron chi connectivity index (χ2n) is 7.45. The monoisotopic (exact) mass is 470 g/mol. The standard InChI is InChI=1S/C26H18Cl2F2O2/c27-21-9-1-17(2-10-21)25(31,19-5-13-23(29)14-6-19)26(32,18-3-11-22(28)12-4-18)20-7-15-24(30)16-8-20/h1-16,31-32H. The van der Waals surface area contributed by atoms with E-state index in [-0.39, 0.29) is 11.1 Å². The van der Waals surface area contributed by atoms with Crippen LogP contribution in [0.4, 0.5) is 8.78 Å². The maximum atomic E-state index is 13.7. The van der Waals surface area contributed by atoms with Crippen molar-refractivity contribution in [3.63, 3.8) is 0 Å². The maximum Gasteiger partial charge on any atom is 0.152 e. The van der Waals surface area contributed by atoms with Crippen molar-refractivity contribution in [2.45, 2.75) is 11.2 Å². The molecule has 0 aliphatic heterocycles. The Kier molecular flexibility index (Phi) is 6.06. The van der Waals surface area contributed by atoms with Crippen LogP contribution in [0.1, 0.15) is 22.3 Å². The molecule has 4 aromatic carbocycles. The summed E-state index contributed by atoms with van der Waals surface area (Å²) in [5.74, 6) is -0.993. The molecule has 0 aromatic heterocycles. The summed E-state index contributed by atoms with van der Waals surface area (Å²) in [6, 6.07) is 23.0. The predicted octanol–water partition coefficient (Wildman–Crippen LogP) is 6.44. The molecule has 0 spiro atoms. The van der Waals surface area contributed by atoms with E-state index in [1.807, 2.05) is 0 Å². The molecule has 0 amide bonds. The lowest BCUT2D eigenvalue weighted by Crippen LogP contribution is -2.51. The van der Waals surface area contributed by atoms with Gasteiger partial charge in [-0.2, -0.15) is 0 Å². The zero-order valence-electron chi connectivity index (χ0n) is 16.6. The van der Waals surface area contributed by atoms with Gasteiger partial charge in [-0.25, -0.2) is 8.78 Å². The first kappa shape index (κ1) is 22.4. The third-order valence-electron chi connectivity index (χ3n) is 5.57. The number of benzene rings is 4. The molecule has 4 aromatic rings. The Hall–Kier alpha value is -2.76. The van der Waals surface area contributed by atoms with Gasteiger partial charge in [-0.1, -0.05) is 71.7 Å². The first-order chi connectivity index (χ1) is 15.2. The summed E-state index contributed by atoms with van der Waals surface area (Å²) in [5, 5.41) is 25.6. The smallest absolute Gasteiger partial charge is 0.152 e. The lowest BCUT2D eigenvalue weighted by atomic mass is 9.66. The summed E-state index contributed by atoms with van der Waals surface area (Å²) >= 11 is 12.1. The fourth-order valence-electron chi connectivity index (χ4n) is 3.93. The largest absolute Gasteiger partial charge is 0.377 e. The molecule has 0 aliphatic carbocycles. The van der Waals surface area contributed by atoms with E-state index in [0.717, 1.165) is 0 Å². The van der Waals surface area contributed by atoms with E-state index in [2.05, 4.69) is 0 Å². The number of rotatable bonds is 5. The zero-order chi connectivity index (χ0) is 22.9. The van der Waals surface area contributed by atoms with Gasteiger partial charge in [0.1, 0.15) is 11.6 Å². The first-order valence-electron chi connectivity index (χ1n) is 9.74. The van der Waals surface area contributed by atoms with Gasteiger partial charge in [0.15, 0.2) is 11.2 Å². The van der Waals surface area contributed by atoms with Crippen LogP contribution in [0.15, 0.2) is 97.1 Å². The zero-order valence-corrected chi connectivity index (χ0v) is 18.2. The SMILES string of the molecule is OC(c1ccc(F)cc1)(c1ccc(Cl)cc1)C(O)(c1ccc(F)cc1)c1ccc(Cl)cc1. The summed E-state index contributed by atoms with van der Waals surface area (Å²) in [5.41, 5.74) is -3.18. The summed E-state index contributed by atoms with van der Waals surface area (Å²) in [7, 11) is 0. The van der Waals surface area contributed by atoms with Crippen molar-refractivity contribution < 1.29 is 19.0 Å². The van der Waals surface area contributed by atoms with E-state index in [1.54, 1.807) is 48.5 Å². The maximum absolute atomic E-state index is 13.7. The molecule has 0 aliphatic rings. The Morgan fingerprint density at radius 3 is 0.906 bits per heavy atom. The van der Waals surface area contributed by atoms with Gasteiger partial charge < -0.3 is 10.2 Å². The summed E-state index contributed by atoms with van der Waals surface area (Å²) < 4.78 is 27.5. The molecule has 0 fully saturated rings. The molecule has 0 bridgehead atoms. The fraction of sp³-hybridized carbons (Fsp3) is 0.0769. The van der Waals surface area contributed by atoms with E-state index in [0.29, 0.717) is 21.2 Å². The molecule has 6 heteroatoms. The Morgan fingerprint density at radius 1 is 0.438 bits per heavy atom. The minimum atomic E-state index is -2.11. The highest BCUT2D eigenvalue weighted by Crippen LogP contribution is 2.50. The predicted molar refractivity (Wildman–Crippen MR) is 122 cm³/mol. The van der Waals surface area contributed by atoms with Crippen molar-refractivity contribution in [2.75, 3.05) is 0 Å². The normalized spacial score (nSPS) is 15.1. The Labute approximate surface area is 194 Å². The molecular formula is C26H18Cl2F2O2. The average molecular weight is 471 g/mol. The quantitative estimate of drug-likeness (QED) is 0.352. The average Bonchev–Trinajstić information content (AvgIpc) is 2.80. The molecule has 4 rings (SSSR count). The second kappa shape index (κ2) is 8.64. The summed E-state index contributed by atoms with van der Waals surface area (Å²) in [6.45, 7) is 0. The van der Waals surface area contributed by atoms with Gasteiger partial charge in [0, 0.05) is 10.0 Å². The van der Waals surface area contributed by atoms with Gasteiger partial charge in [0.25, 0.3) is 0 Å². The van der Waals surface area contributed by atoms with Crippen molar-refractivity contribution in [3.8, 4) is 0 Å². The highest BCUT2D eigenvalue weighted by atomic mass is 35.5. The lowest BCUT2D eigenvalue weighted by Gasteiger charge is -2.45. The van der Waals surface area contributed by atoms with Gasteiger partial charge in [-0.15, -0.1) is 0 Å². The van der Waals surface area contributed by atoms with Crippen molar-refractivity contribution in [2.24, 2.45) is 0 Å². The van der Waals surface area contributed by atoms with Gasteiger partial charge in [-0.05, 0) is 70.8 Å². The molecule has 0 radical (unpaired) electrons. The number of aliphatic hydroxyl groups is 2. The Balaban J connectivity index is 2.09. The minimum Gasteiger partial charge on any atom is -0.377 e. The molecule has 2 nitrogen and oxygen atoms in total. The number of hydrogen-bond donors (Lipinski definition) is 2. The van der Waals surface area contributed by atoms with Crippen LogP contribution >= 0.6 is 23.2 Å². The molecule has 32 heavy (non-hydrogen) atoms. The fourth-order valence-corrected chi connectivity index (χ4v) is 4.19. The number of halogens is 4. The van der Waals surface area contributed by atoms with Crippen molar-refractivity contribution in [1.29, 1.82) is 0 Å². The van der Waals surface area contributed by atoms with Crippen molar-refractivity contribution in [3.05, 3.63) is 141 Å². The topological polar surface area (TPSA) is 40.5 Å². The van der Waals surface area contributed by atoms with E-state index in [4.69, 9.17) is 23.2 Å².